The summed E-state index contributed by atoms with van der Waals surface area (Å²) in [6.45, 7) is 13.3. The van der Waals surface area contributed by atoms with E-state index in [1.165, 1.54) is 0 Å². The molecule has 1 amide bonds. The van der Waals surface area contributed by atoms with Gasteiger partial charge in [0.25, 0.3) is 0 Å². The third kappa shape index (κ3) is 7.23. The summed E-state index contributed by atoms with van der Waals surface area (Å²) in [7, 11) is 0. The number of rotatable bonds is 11. The Kier molecular flexibility index (Phi) is 9.93. The molecule has 4 atom stereocenters. The van der Waals surface area contributed by atoms with Gasteiger partial charge in [0.05, 0.1) is 0 Å². The first-order valence-corrected chi connectivity index (χ1v) is 8.72. The van der Waals surface area contributed by atoms with E-state index >= 15 is 0 Å². The van der Waals surface area contributed by atoms with Crippen LogP contribution in [0.1, 0.15) is 67.2 Å². The molecule has 0 aromatic rings. The minimum Gasteiger partial charge on any atom is -0.353 e. The molecule has 0 aromatic carbocycles. The highest BCUT2D eigenvalue weighted by molar-refractivity contribution is 5.76. The van der Waals surface area contributed by atoms with Gasteiger partial charge in [0.1, 0.15) is 0 Å². The standard InChI is InChI=1S/C17H35N5O/c1-12(2)17(6,15(5)21-22-19)10-9-13(3)14(4)20-16(23)8-7-11-18/h12-15H,7-11,18H2,1-6H3,(H,20,23). The first-order chi connectivity index (χ1) is 10.7. The molecule has 0 aliphatic heterocycles. The van der Waals surface area contributed by atoms with E-state index in [1.54, 1.807) is 0 Å². The third-order valence-electron chi connectivity index (χ3n) is 5.49. The van der Waals surface area contributed by atoms with Crippen LogP contribution in [-0.2, 0) is 4.79 Å². The van der Waals surface area contributed by atoms with Crippen molar-refractivity contribution in [1.82, 2.24) is 5.32 Å². The van der Waals surface area contributed by atoms with E-state index in [9.17, 15) is 4.79 Å². The molecule has 4 unspecified atom stereocenters. The van der Waals surface area contributed by atoms with Crippen LogP contribution >= 0.6 is 0 Å². The van der Waals surface area contributed by atoms with E-state index < -0.39 is 0 Å². The van der Waals surface area contributed by atoms with Gasteiger partial charge >= 0.3 is 0 Å². The minimum absolute atomic E-state index is 0.0379. The number of amides is 1. The molecule has 0 radical (unpaired) electrons. The highest BCUT2D eigenvalue weighted by Gasteiger charge is 2.34. The second-order valence-corrected chi connectivity index (χ2v) is 7.31. The maximum absolute atomic E-state index is 11.8. The zero-order valence-corrected chi connectivity index (χ0v) is 15.7. The Morgan fingerprint density at radius 3 is 2.39 bits per heavy atom. The lowest BCUT2D eigenvalue weighted by molar-refractivity contribution is -0.122. The molecule has 134 valence electrons. The Labute approximate surface area is 141 Å². The molecule has 6 nitrogen and oxygen atoms in total. The summed E-state index contributed by atoms with van der Waals surface area (Å²) in [5, 5.41) is 6.98. The molecule has 0 aromatic heterocycles. The van der Waals surface area contributed by atoms with Crippen molar-refractivity contribution >= 4 is 5.91 Å². The largest absolute Gasteiger partial charge is 0.353 e. The van der Waals surface area contributed by atoms with Gasteiger partial charge in [-0.3, -0.25) is 4.79 Å². The van der Waals surface area contributed by atoms with E-state index in [0.717, 1.165) is 19.3 Å². The molecule has 0 saturated heterocycles. The SMILES string of the molecule is CC(CCC(C)(C(C)C)C(C)N=[N+]=[N-])C(C)NC(=O)CCCN. The van der Waals surface area contributed by atoms with Gasteiger partial charge in [-0.1, -0.05) is 39.7 Å². The zero-order chi connectivity index (χ0) is 18.0. The number of nitrogens with zero attached hydrogens (tertiary/aromatic N) is 3. The molecular weight excluding hydrogens is 290 g/mol. The monoisotopic (exact) mass is 325 g/mol. The maximum atomic E-state index is 11.8. The van der Waals surface area contributed by atoms with Gasteiger partial charge in [-0.05, 0) is 55.5 Å². The van der Waals surface area contributed by atoms with Gasteiger partial charge in [-0.25, -0.2) is 0 Å². The van der Waals surface area contributed by atoms with Crippen LogP contribution in [0.25, 0.3) is 10.4 Å². The molecule has 0 rings (SSSR count). The number of nitrogens with one attached hydrogen (secondary N) is 1. The summed E-state index contributed by atoms with van der Waals surface area (Å²) in [6.07, 6.45) is 3.17. The van der Waals surface area contributed by atoms with Gasteiger partial charge in [0, 0.05) is 23.4 Å². The minimum atomic E-state index is -0.0471. The predicted octanol–water partition coefficient (Wildman–Crippen LogP) is 4.01. The summed E-state index contributed by atoms with van der Waals surface area (Å²) in [5.41, 5.74) is 14.1. The summed E-state index contributed by atoms with van der Waals surface area (Å²) in [6, 6.07) is 0.0839. The fourth-order valence-electron chi connectivity index (χ4n) is 2.71. The maximum Gasteiger partial charge on any atom is 0.220 e. The van der Waals surface area contributed by atoms with Crippen LogP contribution in [0.15, 0.2) is 5.11 Å². The van der Waals surface area contributed by atoms with Crippen LogP contribution in [0.4, 0.5) is 0 Å². The lowest BCUT2D eigenvalue weighted by atomic mass is 9.69. The molecule has 0 bridgehead atoms. The van der Waals surface area contributed by atoms with Gasteiger partial charge in [0.2, 0.25) is 5.91 Å². The van der Waals surface area contributed by atoms with E-state index in [-0.39, 0.29) is 23.4 Å². The first kappa shape index (κ1) is 21.7. The number of azide groups is 1. The predicted molar refractivity (Wildman–Crippen MR) is 95.8 cm³/mol. The Bertz CT molecular complexity index is 406. The van der Waals surface area contributed by atoms with Gasteiger partial charge in [-0.15, -0.1) is 0 Å². The van der Waals surface area contributed by atoms with Gasteiger partial charge < -0.3 is 11.1 Å². The fraction of sp³-hybridized carbons (Fsp3) is 0.941. The Hall–Kier alpha value is -1.26. The Morgan fingerprint density at radius 2 is 1.91 bits per heavy atom. The molecule has 0 fully saturated rings. The molecule has 0 aliphatic carbocycles. The summed E-state index contributed by atoms with van der Waals surface area (Å²) >= 11 is 0. The molecule has 0 spiro atoms. The molecule has 3 N–H and O–H groups in total. The topological polar surface area (TPSA) is 104 Å². The summed E-state index contributed by atoms with van der Waals surface area (Å²) in [5.74, 6) is 0.863. The summed E-state index contributed by atoms with van der Waals surface area (Å²) in [4.78, 5) is 14.8. The lowest BCUT2D eigenvalue weighted by Crippen LogP contribution is -2.39. The van der Waals surface area contributed by atoms with Crippen LogP contribution in [0, 0.1) is 17.3 Å². The van der Waals surface area contributed by atoms with Crippen LogP contribution in [-0.4, -0.2) is 24.5 Å². The van der Waals surface area contributed by atoms with Crippen molar-refractivity contribution in [2.45, 2.75) is 79.3 Å². The summed E-state index contributed by atoms with van der Waals surface area (Å²) < 4.78 is 0. The van der Waals surface area contributed by atoms with Crippen molar-refractivity contribution in [3.05, 3.63) is 10.4 Å². The average molecular weight is 326 g/mol. The number of carbonyl (C=O) groups is 1. The fourth-order valence-corrected chi connectivity index (χ4v) is 2.71. The van der Waals surface area contributed by atoms with Gasteiger partial charge in [0.15, 0.2) is 0 Å². The van der Waals surface area contributed by atoms with Crippen molar-refractivity contribution in [2.75, 3.05) is 6.54 Å². The molecule has 0 aliphatic rings. The lowest BCUT2D eigenvalue weighted by Gasteiger charge is -2.38. The van der Waals surface area contributed by atoms with Crippen LogP contribution in [0.3, 0.4) is 0 Å². The molecule has 0 heterocycles. The van der Waals surface area contributed by atoms with Crippen molar-refractivity contribution in [3.63, 3.8) is 0 Å². The quantitative estimate of drug-likeness (QED) is 0.340. The number of hydrogen-bond donors (Lipinski definition) is 2. The van der Waals surface area contributed by atoms with Crippen molar-refractivity contribution in [2.24, 2.45) is 28.1 Å². The normalized spacial score (nSPS) is 17.7. The van der Waals surface area contributed by atoms with E-state index in [2.05, 4.69) is 50.0 Å². The van der Waals surface area contributed by atoms with E-state index in [1.807, 2.05) is 6.92 Å². The highest BCUT2D eigenvalue weighted by Crippen LogP contribution is 2.39. The third-order valence-corrected chi connectivity index (χ3v) is 5.49. The zero-order valence-electron chi connectivity index (χ0n) is 15.7. The van der Waals surface area contributed by atoms with Crippen molar-refractivity contribution < 1.29 is 4.79 Å². The van der Waals surface area contributed by atoms with Gasteiger partial charge in [-0.2, -0.15) is 0 Å². The van der Waals surface area contributed by atoms with Crippen LogP contribution < -0.4 is 11.1 Å². The van der Waals surface area contributed by atoms with Crippen LogP contribution in [0.5, 0.6) is 0 Å². The van der Waals surface area contributed by atoms with E-state index in [4.69, 9.17) is 11.3 Å². The molecular formula is C17H35N5O. The number of nitrogens with two attached hydrogens (primary N) is 1. The van der Waals surface area contributed by atoms with Crippen molar-refractivity contribution in [3.8, 4) is 0 Å². The van der Waals surface area contributed by atoms with E-state index in [0.29, 0.717) is 24.8 Å². The second-order valence-electron chi connectivity index (χ2n) is 7.31. The molecule has 6 heteroatoms. The van der Waals surface area contributed by atoms with Crippen LogP contribution in [0.2, 0.25) is 0 Å². The highest BCUT2D eigenvalue weighted by atomic mass is 16.1. The smallest absolute Gasteiger partial charge is 0.220 e. The average Bonchev–Trinajstić information content (AvgIpc) is 2.49. The Morgan fingerprint density at radius 1 is 1.30 bits per heavy atom. The molecule has 0 saturated carbocycles. The molecule has 23 heavy (non-hydrogen) atoms. The second kappa shape index (κ2) is 10.5. The number of hydrogen-bond acceptors (Lipinski definition) is 3. The number of carbonyl (C=O) groups excluding carboxylic acids is 1. The Balaban J connectivity index is 4.60. The van der Waals surface area contributed by atoms with Crippen molar-refractivity contribution in [1.29, 1.82) is 0 Å². The first-order valence-electron chi connectivity index (χ1n) is 8.72.